The van der Waals surface area contributed by atoms with E-state index in [1.165, 1.54) is 18.2 Å². The van der Waals surface area contributed by atoms with Gasteiger partial charge in [0.05, 0.1) is 17.9 Å². The number of nitrogens with two attached hydrogens (primary N) is 1. The Hall–Kier alpha value is -1.42. The van der Waals surface area contributed by atoms with Crippen LogP contribution in [-0.4, -0.2) is 17.7 Å². The number of carbonyl (C=O) groups is 1. The number of halogens is 1. The van der Waals surface area contributed by atoms with Crippen LogP contribution in [-0.2, 0) is 4.74 Å². The van der Waals surface area contributed by atoms with E-state index < -0.39 is 5.97 Å². The van der Waals surface area contributed by atoms with Crippen LogP contribution in [0.15, 0.2) is 18.2 Å². The molecule has 0 unspecified atom stereocenters. The summed E-state index contributed by atoms with van der Waals surface area (Å²) in [6, 6.07) is 4.25. The Morgan fingerprint density at radius 2 is 2.21 bits per heavy atom. The minimum absolute atomic E-state index is 0. The van der Waals surface area contributed by atoms with Crippen LogP contribution in [0.1, 0.15) is 17.3 Å². The molecular formula is C9H12ClNO3. The molecule has 5 heteroatoms. The van der Waals surface area contributed by atoms with E-state index in [-0.39, 0.29) is 23.8 Å². The molecule has 0 aliphatic heterocycles. The normalized spacial score (nSPS) is 8.93. The fourth-order valence-corrected chi connectivity index (χ4v) is 0.885. The Morgan fingerprint density at radius 1 is 1.57 bits per heavy atom. The van der Waals surface area contributed by atoms with Gasteiger partial charge in [-0.3, -0.25) is 0 Å². The molecule has 4 nitrogen and oxygen atoms in total. The summed E-state index contributed by atoms with van der Waals surface area (Å²) in [6.07, 6.45) is 0. The van der Waals surface area contributed by atoms with Gasteiger partial charge in [0.25, 0.3) is 0 Å². The molecule has 0 heterocycles. The molecule has 0 atom stereocenters. The molecule has 78 valence electrons. The van der Waals surface area contributed by atoms with Crippen molar-refractivity contribution < 1.29 is 14.6 Å². The minimum atomic E-state index is -0.460. The van der Waals surface area contributed by atoms with Crippen LogP contribution in [0.4, 0.5) is 5.69 Å². The van der Waals surface area contributed by atoms with Gasteiger partial charge in [-0.25, -0.2) is 4.79 Å². The lowest BCUT2D eigenvalue weighted by Gasteiger charge is -2.03. The molecule has 0 amide bonds. The Bertz CT molecular complexity index is 328. The van der Waals surface area contributed by atoms with Crippen LogP contribution >= 0.6 is 12.4 Å². The lowest BCUT2D eigenvalue weighted by Crippen LogP contribution is -2.04. The van der Waals surface area contributed by atoms with Gasteiger partial charge in [0, 0.05) is 0 Å². The number of esters is 1. The zero-order chi connectivity index (χ0) is 9.84. The minimum Gasteiger partial charge on any atom is -0.506 e. The first kappa shape index (κ1) is 12.6. The van der Waals surface area contributed by atoms with Gasteiger partial charge < -0.3 is 15.6 Å². The van der Waals surface area contributed by atoms with Gasteiger partial charge in [-0.05, 0) is 25.1 Å². The highest BCUT2D eigenvalue weighted by molar-refractivity contribution is 5.90. The molecular weight excluding hydrogens is 206 g/mol. The smallest absolute Gasteiger partial charge is 0.338 e. The molecule has 0 aliphatic rings. The second-order valence-electron chi connectivity index (χ2n) is 2.49. The fraction of sp³-hybridized carbons (Fsp3) is 0.222. The zero-order valence-corrected chi connectivity index (χ0v) is 8.50. The van der Waals surface area contributed by atoms with E-state index in [2.05, 4.69) is 0 Å². The zero-order valence-electron chi connectivity index (χ0n) is 7.69. The third-order valence-electron chi connectivity index (χ3n) is 1.54. The number of carbonyl (C=O) groups excluding carboxylic acids is 1. The average Bonchev–Trinajstić information content (AvgIpc) is 2.10. The molecule has 0 radical (unpaired) electrons. The number of phenolic OH excluding ortho intramolecular Hbond substituents is 1. The van der Waals surface area contributed by atoms with E-state index in [1.54, 1.807) is 6.92 Å². The largest absolute Gasteiger partial charge is 0.506 e. The quantitative estimate of drug-likeness (QED) is 0.448. The summed E-state index contributed by atoms with van der Waals surface area (Å²) >= 11 is 0. The lowest BCUT2D eigenvalue weighted by atomic mass is 10.2. The highest BCUT2D eigenvalue weighted by Crippen LogP contribution is 2.20. The predicted molar refractivity (Wildman–Crippen MR) is 55.7 cm³/mol. The first-order chi connectivity index (χ1) is 6.15. The molecule has 0 spiro atoms. The molecule has 0 bridgehead atoms. The maximum absolute atomic E-state index is 11.1. The number of hydrogen-bond acceptors (Lipinski definition) is 4. The van der Waals surface area contributed by atoms with Crippen LogP contribution in [0.2, 0.25) is 0 Å². The van der Waals surface area contributed by atoms with Crippen molar-refractivity contribution in [1.82, 2.24) is 0 Å². The number of phenols is 1. The first-order valence-corrected chi connectivity index (χ1v) is 3.90. The topological polar surface area (TPSA) is 72.5 Å². The van der Waals surface area contributed by atoms with E-state index >= 15 is 0 Å². The molecule has 3 N–H and O–H groups in total. The molecule has 0 aromatic heterocycles. The number of hydrogen-bond donors (Lipinski definition) is 2. The highest BCUT2D eigenvalue weighted by Gasteiger charge is 2.07. The summed E-state index contributed by atoms with van der Waals surface area (Å²) in [4.78, 5) is 11.1. The van der Waals surface area contributed by atoms with Crippen molar-refractivity contribution >= 4 is 24.1 Å². The van der Waals surface area contributed by atoms with Crippen molar-refractivity contribution in [2.75, 3.05) is 12.3 Å². The van der Waals surface area contributed by atoms with Crippen LogP contribution in [0, 0.1) is 0 Å². The van der Waals surface area contributed by atoms with Crippen LogP contribution in [0.3, 0.4) is 0 Å². The average molecular weight is 218 g/mol. The third-order valence-corrected chi connectivity index (χ3v) is 1.54. The highest BCUT2D eigenvalue weighted by atomic mass is 35.5. The fourth-order valence-electron chi connectivity index (χ4n) is 0.885. The van der Waals surface area contributed by atoms with Crippen molar-refractivity contribution in [2.45, 2.75) is 6.92 Å². The van der Waals surface area contributed by atoms with Crippen LogP contribution in [0.25, 0.3) is 0 Å². The van der Waals surface area contributed by atoms with Crippen molar-refractivity contribution in [1.29, 1.82) is 0 Å². The van der Waals surface area contributed by atoms with Crippen LogP contribution < -0.4 is 5.73 Å². The summed E-state index contributed by atoms with van der Waals surface area (Å²) < 4.78 is 4.73. The number of benzene rings is 1. The SMILES string of the molecule is CCOC(=O)c1ccc(N)c(O)c1.Cl. The number of ether oxygens (including phenoxy) is 1. The Labute approximate surface area is 88.1 Å². The van der Waals surface area contributed by atoms with E-state index in [0.717, 1.165) is 0 Å². The number of anilines is 1. The summed E-state index contributed by atoms with van der Waals surface area (Å²) in [5.41, 5.74) is 5.90. The van der Waals surface area contributed by atoms with Gasteiger partial charge in [-0.1, -0.05) is 0 Å². The molecule has 0 saturated heterocycles. The summed E-state index contributed by atoms with van der Waals surface area (Å²) in [7, 11) is 0. The number of nitrogen functional groups attached to an aromatic ring is 1. The Morgan fingerprint density at radius 3 is 2.71 bits per heavy atom. The second kappa shape index (κ2) is 5.34. The summed E-state index contributed by atoms with van der Waals surface area (Å²) in [5.74, 6) is -0.566. The van der Waals surface area contributed by atoms with Crippen LogP contribution in [0.5, 0.6) is 5.75 Å². The molecule has 0 saturated carbocycles. The van der Waals surface area contributed by atoms with Crippen molar-refractivity contribution in [2.24, 2.45) is 0 Å². The maximum atomic E-state index is 11.1. The van der Waals surface area contributed by atoms with Crippen molar-refractivity contribution in [3.05, 3.63) is 23.8 Å². The molecule has 0 aliphatic carbocycles. The molecule has 1 aromatic rings. The molecule has 14 heavy (non-hydrogen) atoms. The van der Waals surface area contributed by atoms with E-state index in [1.807, 2.05) is 0 Å². The van der Waals surface area contributed by atoms with Gasteiger partial charge in [0.1, 0.15) is 5.75 Å². The second-order valence-corrected chi connectivity index (χ2v) is 2.49. The van der Waals surface area contributed by atoms with Gasteiger partial charge in [0.15, 0.2) is 0 Å². The predicted octanol–water partition coefficient (Wildman–Crippen LogP) is 1.57. The Balaban J connectivity index is 0.00000169. The monoisotopic (exact) mass is 217 g/mol. The molecule has 0 fully saturated rings. The molecule has 1 aromatic carbocycles. The lowest BCUT2D eigenvalue weighted by molar-refractivity contribution is 0.0526. The first-order valence-electron chi connectivity index (χ1n) is 3.90. The van der Waals surface area contributed by atoms with Crippen molar-refractivity contribution in [3.63, 3.8) is 0 Å². The summed E-state index contributed by atoms with van der Waals surface area (Å²) in [5, 5.41) is 9.18. The van der Waals surface area contributed by atoms with E-state index in [9.17, 15) is 9.90 Å². The van der Waals surface area contributed by atoms with E-state index in [0.29, 0.717) is 12.2 Å². The van der Waals surface area contributed by atoms with Gasteiger partial charge in [0.2, 0.25) is 0 Å². The molecule has 1 rings (SSSR count). The van der Waals surface area contributed by atoms with Gasteiger partial charge in [-0.15, -0.1) is 12.4 Å². The number of rotatable bonds is 2. The number of aromatic hydroxyl groups is 1. The third kappa shape index (κ3) is 2.81. The standard InChI is InChI=1S/C9H11NO3.ClH/c1-2-13-9(12)6-3-4-7(10)8(11)5-6;/h3-5,11H,2,10H2,1H3;1H. The van der Waals surface area contributed by atoms with E-state index in [4.69, 9.17) is 10.5 Å². The van der Waals surface area contributed by atoms with Gasteiger partial charge in [-0.2, -0.15) is 0 Å². The van der Waals surface area contributed by atoms with Crippen molar-refractivity contribution in [3.8, 4) is 5.75 Å². The Kier molecular flexibility index (Phi) is 4.80. The summed E-state index contributed by atoms with van der Waals surface area (Å²) in [6.45, 7) is 2.03. The maximum Gasteiger partial charge on any atom is 0.338 e. The van der Waals surface area contributed by atoms with Gasteiger partial charge >= 0.3 is 5.97 Å².